The van der Waals surface area contributed by atoms with Crippen molar-refractivity contribution in [3.05, 3.63) is 53.3 Å². The second kappa shape index (κ2) is 6.17. The number of rotatable bonds is 0. The SMILES string of the molecule is Fc1ccc2c(c1)OCCCOc1ccc(F)c(F)c1CO2. The predicted molar refractivity (Wildman–Crippen MR) is 72.7 cm³/mol. The highest BCUT2D eigenvalue weighted by Crippen LogP contribution is 2.32. The number of fused-ring (bicyclic) bond motifs is 2. The second-order valence-electron chi connectivity index (χ2n) is 4.77. The van der Waals surface area contributed by atoms with Gasteiger partial charge in [0.15, 0.2) is 23.1 Å². The standard InChI is InChI=1S/C16H13F3O3/c17-10-2-4-14-15(8-10)21-7-1-6-20-13-5-3-12(18)16(19)11(13)9-22-14/h2-5,8H,1,6-7,9H2. The Kier molecular flexibility index (Phi) is 4.09. The first-order chi connectivity index (χ1) is 10.6. The highest BCUT2D eigenvalue weighted by molar-refractivity contribution is 5.41. The van der Waals surface area contributed by atoms with Crippen molar-refractivity contribution in [2.24, 2.45) is 0 Å². The molecule has 0 aromatic heterocycles. The van der Waals surface area contributed by atoms with E-state index in [9.17, 15) is 13.2 Å². The van der Waals surface area contributed by atoms with Crippen molar-refractivity contribution in [1.29, 1.82) is 0 Å². The van der Waals surface area contributed by atoms with Crippen molar-refractivity contribution in [1.82, 2.24) is 0 Å². The van der Waals surface area contributed by atoms with Crippen LogP contribution in [0.2, 0.25) is 0 Å². The highest BCUT2D eigenvalue weighted by atomic mass is 19.2. The molecule has 3 rings (SSSR count). The zero-order chi connectivity index (χ0) is 15.5. The van der Waals surface area contributed by atoms with E-state index in [1.165, 1.54) is 24.3 Å². The minimum atomic E-state index is -1.01. The summed E-state index contributed by atoms with van der Waals surface area (Å²) in [6.07, 6.45) is 0.508. The molecule has 116 valence electrons. The third-order valence-electron chi connectivity index (χ3n) is 3.23. The van der Waals surface area contributed by atoms with Crippen LogP contribution < -0.4 is 14.2 Å². The summed E-state index contributed by atoms with van der Waals surface area (Å²) in [4.78, 5) is 0. The van der Waals surface area contributed by atoms with Gasteiger partial charge in [0, 0.05) is 12.5 Å². The fourth-order valence-corrected chi connectivity index (χ4v) is 2.13. The van der Waals surface area contributed by atoms with Gasteiger partial charge in [-0.1, -0.05) is 0 Å². The molecule has 0 spiro atoms. The van der Waals surface area contributed by atoms with E-state index in [1.807, 2.05) is 0 Å². The number of hydrogen-bond acceptors (Lipinski definition) is 3. The monoisotopic (exact) mass is 310 g/mol. The lowest BCUT2D eigenvalue weighted by atomic mass is 10.2. The Morgan fingerprint density at radius 2 is 1.50 bits per heavy atom. The molecule has 0 N–H and O–H groups in total. The number of halogens is 3. The lowest BCUT2D eigenvalue weighted by Gasteiger charge is -2.13. The smallest absolute Gasteiger partial charge is 0.169 e. The molecule has 1 aliphatic heterocycles. The summed E-state index contributed by atoms with van der Waals surface area (Å²) < 4.78 is 57.0. The van der Waals surface area contributed by atoms with Crippen LogP contribution in [0.25, 0.3) is 0 Å². The van der Waals surface area contributed by atoms with Gasteiger partial charge in [-0.2, -0.15) is 0 Å². The lowest BCUT2D eigenvalue weighted by Crippen LogP contribution is -2.07. The van der Waals surface area contributed by atoms with Crippen molar-refractivity contribution in [2.45, 2.75) is 13.0 Å². The second-order valence-corrected chi connectivity index (χ2v) is 4.77. The minimum absolute atomic E-state index is 0.0165. The largest absolute Gasteiger partial charge is 0.493 e. The van der Waals surface area contributed by atoms with Crippen LogP contribution in [0, 0.1) is 17.5 Å². The number of ether oxygens (including phenoxy) is 3. The first-order valence-corrected chi connectivity index (χ1v) is 6.80. The summed E-state index contributed by atoms with van der Waals surface area (Å²) in [5, 5.41) is 0. The van der Waals surface area contributed by atoms with Gasteiger partial charge in [0.25, 0.3) is 0 Å². The Bertz CT molecular complexity index is 689. The molecule has 0 radical (unpaired) electrons. The van der Waals surface area contributed by atoms with Gasteiger partial charge in [-0.25, -0.2) is 13.2 Å². The maximum Gasteiger partial charge on any atom is 0.169 e. The zero-order valence-corrected chi connectivity index (χ0v) is 11.6. The molecule has 0 atom stereocenters. The van der Waals surface area contributed by atoms with E-state index in [0.717, 1.165) is 6.07 Å². The van der Waals surface area contributed by atoms with Gasteiger partial charge in [0.2, 0.25) is 0 Å². The lowest BCUT2D eigenvalue weighted by molar-refractivity contribution is 0.242. The molecule has 0 fully saturated rings. The first-order valence-electron chi connectivity index (χ1n) is 6.80. The van der Waals surface area contributed by atoms with Crippen LogP contribution in [0.5, 0.6) is 17.2 Å². The van der Waals surface area contributed by atoms with Crippen LogP contribution in [0.3, 0.4) is 0 Å². The maximum absolute atomic E-state index is 13.9. The van der Waals surface area contributed by atoms with Crippen molar-refractivity contribution < 1.29 is 27.4 Å². The van der Waals surface area contributed by atoms with Crippen LogP contribution in [0.4, 0.5) is 13.2 Å². The van der Waals surface area contributed by atoms with Gasteiger partial charge in [-0.3, -0.25) is 0 Å². The van der Waals surface area contributed by atoms with Crippen molar-refractivity contribution in [3.8, 4) is 17.2 Å². The third-order valence-corrected chi connectivity index (χ3v) is 3.23. The summed E-state index contributed by atoms with van der Waals surface area (Å²) in [7, 11) is 0. The molecule has 6 heteroatoms. The van der Waals surface area contributed by atoms with Crippen LogP contribution in [0.15, 0.2) is 30.3 Å². The molecular formula is C16H13F3O3. The average Bonchev–Trinajstić information content (AvgIpc) is 2.54. The predicted octanol–water partition coefficient (Wildman–Crippen LogP) is 3.84. The molecule has 3 nitrogen and oxygen atoms in total. The summed E-state index contributed by atoms with van der Waals surface area (Å²) >= 11 is 0. The quantitative estimate of drug-likeness (QED) is 0.740. The van der Waals surface area contributed by atoms with Crippen molar-refractivity contribution >= 4 is 0 Å². The Morgan fingerprint density at radius 1 is 0.773 bits per heavy atom. The third kappa shape index (κ3) is 2.95. The summed E-state index contributed by atoms with van der Waals surface area (Å²) in [6.45, 7) is 0.308. The summed E-state index contributed by atoms with van der Waals surface area (Å²) in [5.41, 5.74) is -0.0165. The molecule has 0 bridgehead atoms. The van der Waals surface area contributed by atoms with E-state index >= 15 is 0 Å². The summed E-state index contributed by atoms with van der Waals surface area (Å²) in [5.74, 6) is -1.74. The number of hydrogen-bond donors (Lipinski definition) is 0. The molecule has 2 aromatic carbocycles. The zero-order valence-electron chi connectivity index (χ0n) is 11.6. The molecule has 0 saturated heterocycles. The normalized spacial score (nSPS) is 14.5. The Morgan fingerprint density at radius 3 is 2.32 bits per heavy atom. The van der Waals surface area contributed by atoms with E-state index in [4.69, 9.17) is 14.2 Å². The van der Waals surface area contributed by atoms with E-state index in [-0.39, 0.29) is 36.0 Å². The van der Waals surface area contributed by atoms with Crippen molar-refractivity contribution in [3.63, 3.8) is 0 Å². The molecule has 22 heavy (non-hydrogen) atoms. The van der Waals surface area contributed by atoms with Crippen LogP contribution in [-0.2, 0) is 6.61 Å². The molecule has 0 saturated carbocycles. The van der Waals surface area contributed by atoms with Gasteiger partial charge in [0.1, 0.15) is 18.2 Å². The van der Waals surface area contributed by atoms with Gasteiger partial charge in [0.05, 0.1) is 18.8 Å². The molecular weight excluding hydrogens is 297 g/mol. The van der Waals surface area contributed by atoms with Gasteiger partial charge in [-0.15, -0.1) is 0 Å². The average molecular weight is 310 g/mol. The van der Waals surface area contributed by atoms with Crippen LogP contribution >= 0.6 is 0 Å². The fraction of sp³-hybridized carbons (Fsp3) is 0.250. The molecule has 2 aromatic rings. The van der Waals surface area contributed by atoms with E-state index < -0.39 is 17.5 Å². The van der Waals surface area contributed by atoms with Crippen LogP contribution in [0.1, 0.15) is 12.0 Å². The Labute approximate surface area is 125 Å². The fourth-order valence-electron chi connectivity index (χ4n) is 2.13. The van der Waals surface area contributed by atoms with E-state index in [2.05, 4.69) is 0 Å². The molecule has 1 aliphatic rings. The van der Waals surface area contributed by atoms with Crippen LogP contribution in [-0.4, -0.2) is 13.2 Å². The van der Waals surface area contributed by atoms with E-state index in [0.29, 0.717) is 13.0 Å². The number of benzene rings is 2. The maximum atomic E-state index is 13.9. The molecule has 1 heterocycles. The minimum Gasteiger partial charge on any atom is -0.493 e. The van der Waals surface area contributed by atoms with E-state index in [1.54, 1.807) is 0 Å². The Hall–Kier alpha value is -2.37. The highest BCUT2D eigenvalue weighted by Gasteiger charge is 2.17. The van der Waals surface area contributed by atoms with Gasteiger partial charge < -0.3 is 14.2 Å². The molecule has 0 aliphatic carbocycles. The van der Waals surface area contributed by atoms with Crippen molar-refractivity contribution in [2.75, 3.05) is 13.2 Å². The topological polar surface area (TPSA) is 27.7 Å². The Balaban J connectivity index is 1.97. The first kappa shape index (κ1) is 14.6. The molecule has 0 unspecified atom stereocenters. The van der Waals surface area contributed by atoms with Gasteiger partial charge in [-0.05, 0) is 24.3 Å². The molecule has 0 amide bonds. The summed E-state index contributed by atoms with van der Waals surface area (Å²) in [6, 6.07) is 6.16. The van der Waals surface area contributed by atoms with Gasteiger partial charge >= 0.3 is 0 Å².